The average Bonchev–Trinajstić information content (AvgIpc) is 2.36. The van der Waals surface area contributed by atoms with Crippen molar-refractivity contribution in [3.8, 4) is 5.75 Å². The van der Waals surface area contributed by atoms with Crippen LogP contribution >= 0.6 is 24.0 Å². The first-order chi connectivity index (χ1) is 9.29. The first-order valence-electron chi connectivity index (χ1n) is 7.50. The van der Waals surface area contributed by atoms with Gasteiger partial charge in [-0.25, -0.2) is 0 Å². The Kier molecular flexibility index (Phi) is 8.69. The van der Waals surface area contributed by atoms with Crippen LogP contribution in [0.2, 0.25) is 5.02 Å². The molecule has 0 saturated carbocycles. The number of hydrogen-bond donors (Lipinski definition) is 1. The number of halogens is 2. The molecule has 2 nitrogen and oxygen atoms in total. The predicted octanol–water partition coefficient (Wildman–Crippen LogP) is 5.13. The summed E-state index contributed by atoms with van der Waals surface area (Å²) in [5.41, 5.74) is 8.54. The summed E-state index contributed by atoms with van der Waals surface area (Å²) in [6.07, 6.45) is 2.72. The van der Waals surface area contributed by atoms with Gasteiger partial charge in [-0.3, -0.25) is 0 Å². The normalized spacial score (nSPS) is 12.7. The van der Waals surface area contributed by atoms with Gasteiger partial charge in [0, 0.05) is 6.04 Å². The second kappa shape index (κ2) is 8.87. The van der Waals surface area contributed by atoms with Crippen molar-refractivity contribution in [2.45, 2.75) is 65.3 Å². The molecule has 0 aliphatic heterocycles. The maximum Gasteiger partial charge on any atom is 0.141 e. The molecule has 0 aliphatic carbocycles. The van der Waals surface area contributed by atoms with E-state index in [1.54, 1.807) is 0 Å². The van der Waals surface area contributed by atoms with Crippen molar-refractivity contribution in [2.75, 3.05) is 6.61 Å². The van der Waals surface area contributed by atoms with Gasteiger partial charge in [-0.1, -0.05) is 52.3 Å². The van der Waals surface area contributed by atoms with E-state index in [0.29, 0.717) is 11.6 Å². The molecule has 4 heteroatoms. The van der Waals surface area contributed by atoms with Gasteiger partial charge in [-0.2, -0.15) is 0 Å². The van der Waals surface area contributed by atoms with Crippen LogP contribution in [0.1, 0.15) is 58.6 Å². The zero-order valence-corrected chi connectivity index (χ0v) is 15.4. The van der Waals surface area contributed by atoms with Gasteiger partial charge < -0.3 is 10.5 Å². The first-order valence-corrected chi connectivity index (χ1v) is 7.88. The maximum absolute atomic E-state index is 6.44. The lowest BCUT2D eigenvalue weighted by Crippen LogP contribution is -2.22. The smallest absolute Gasteiger partial charge is 0.141 e. The van der Waals surface area contributed by atoms with Crippen molar-refractivity contribution in [3.63, 3.8) is 0 Å². The Morgan fingerprint density at radius 2 is 1.86 bits per heavy atom. The van der Waals surface area contributed by atoms with Crippen LogP contribution in [0, 0.1) is 0 Å². The largest absolute Gasteiger partial charge is 0.492 e. The molecule has 0 saturated heterocycles. The van der Waals surface area contributed by atoms with Crippen molar-refractivity contribution in [3.05, 3.63) is 28.3 Å². The van der Waals surface area contributed by atoms with E-state index in [9.17, 15) is 0 Å². The lowest BCUT2D eigenvalue weighted by Gasteiger charge is -2.23. The minimum Gasteiger partial charge on any atom is -0.492 e. The molecule has 0 spiro atoms. The SMILES string of the molecule is CCCOc1c(Cl)cc(C(C)(C)C)cc1CC(N)CC.Cl. The molecule has 0 aromatic heterocycles. The summed E-state index contributed by atoms with van der Waals surface area (Å²) in [6.45, 7) is 11.4. The Balaban J connectivity index is 0.00000400. The molecule has 0 aliphatic rings. The molecular formula is C17H29Cl2NO. The number of rotatable bonds is 6. The van der Waals surface area contributed by atoms with Crippen LogP contribution in [-0.2, 0) is 11.8 Å². The van der Waals surface area contributed by atoms with Crippen molar-refractivity contribution < 1.29 is 4.74 Å². The standard InChI is InChI=1S/C17H28ClNO.ClH/c1-6-8-20-16-12(10-14(19)7-2)9-13(11-15(16)18)17(3,4)5;/h9,11,14H,6-8,10,19H2,1-5H3;1H. The Labute approximate surface area is 140 Å². The van der Waals surface area contributed by atoms with E-state index in [0.717, 1.165) is 30.6 Å². The van der Waals surface area contributed by atoms with E-state index < -0.39 is 0 Å². The Morgan fingerprint density at radius 1 is 1.24 bits per heavy atom. The van der Waals surface area contributed by atoms with Crippen LogP contribution in [0.3, 0.4) is 0 Å². The first kappa shape index (κ1) is 20.6. The van der Waals surface area contributed by atoms with E-state index in [-0.39, 0.29) is 23.9 Å². The van der Waals surface area contributed by atoms with Gasteiger partial charge in [-0.15, -0.1) is 12.4 Å². The molecule has 1 rings (SSSR count). The van der Waals surface area contributed by atoms with Crippen molar-refractivity contribution in [2.24, 2.45) is 5.73 Å². The van der Waals surface area contributed by atoms with E-state index in [1.807, 2.05) is 6.07 Å². The van der Waals surface area contributed by atoms with E-state index >= 15 is 0 Å². The predicted molar refractivity (Wildman–Crippen MR) is 95.2 cm³/mol. The summed E-state index contributed by atoms with van der Waals surface area (Å²) >= 11 is 6.44. The summed E-state index contributed by atoms with van der Waals surface area (Å²) < 4.78 is 5.84. The van der Waals surface area contributed by atoms with Gasteiger partial charge in [0.05, 0.1) is 11.6 Å². The highest BCUT2D eigenvalue weighted by Gasteiger charge is 2.20. The highest BCUT2D eigenvalue weighted by atomic mass is 35.5. The summed E-state index contributed by atoms with van der Waals surface area (Å²) in [7, 11) is 0. The number of ether oxygens (including phenoxy) is 1. The summed E-state index contributed by atoms with van der Waals surface area (Å²) in [4.78, 5) is 0. The summed E-state index contributed by atoms with van der Waals surface area (Å²) in [5, 5.41) is 0.698. The van der Waals surface area contributed by atoms with Gasteiger partial charge in [0.25, 0.3) is 0 Å². The van der Waals surface area contributed by atoms with Crippen molar-refractivity contribution >= 4 is 24.0 Å². The fourth-order valence-corrected chi connectivity index (χ4v) is 2.32. The average molecular weight is 334 g/mol. The topological polar surface area (TPSA) is 35.2 Å². The fourth-order valence-electron chi connectivity index (χ4n) is 2.03. The molecule has 1 aromatic rings. The van der Waals surface area contributed by atoms with Crippen LogP contribution in [-0.4, -0.2) is 12.6 Å². The molecule has 1 atom stereocenters. The Bertz CT molecular complexity index is 441. The van der Waals surface area contributed by atoms with E-state index in [2.05, 4.69) is 40.7 Å². The van der Waals surface area contributed by atoms with E-state index in [1.165, 1.54) is 5.56 Å². The zero-order valence-electron chi connectivity index (χ0n) is 13.8. The summed E-state index contributed by atoms with van der Waals surface area (Å²) in [5.74, 6) is 0.811. The second-order valence-corrected chi connectivity index (χ2v) is 6.82. The molecule has 0 amide bonds. The molecule has 1 unspecified atom stereocenters. The van der Waals surface area contributed by atoms with Gasteiger partial charge in [-0.05, 0) is 41.9 Å². The molecule has 2 N–H and O–H groups in total. The molecule has 122 valence electrons. The number of benzene rings is 1. The highest BCUT2D eigenvalue weighted by Crippen LogP contribution is 2.35. The molecule has 1 aromatic carbocycles. The van der Waals surface area contributed by atoms with Crippen LogP contribution < -0.4 is 10.5 Å². The third kappa shape index (κ3) is 6.06. The lowest BCUT2D eigenvalue weighted by molar-refractivity contribution is 0.313. The molecule has 0 fully saturated rings. The third-order valence-electron chi connectivity index (χ3n) is 3.44. The lowest BCUT2D eigenvalue weighted by atomic mass is 9.85. The van der Waals surface area contributed by atoms with Gasteiger partial charge in [0.15, 0.2) is 0 Å². The quantitative estimate of drug-likeness (QED) is 0.783. The van der Waals surface area contributed by atoms with Crippen LogP contribution in [0.5, 0.6) is 5.75 Å². The molecule has 0 bridgehead atoms. The van der Waals surface area contributed by atoms with Crippen molar-refractivity contribution in [1.82, 2.24) is 0 Å². The monoisotopic (exact) mass is 333 g/mol. The van der Waals surface area contributed by atoms with Gasteiger partial charge in [0.2, 0.25) is 0 Å². The minimum absolute atomic E-state index is 0. The van der Waals surface area contributed by atoms with Gasteiger partial charge >= 0.3 is 0 Å². The van der Waals surface area contributed by atoms with Crippen LogP contribution in [0.4, 0.5) is 0 Å². The third-order valence-corrected chi connectivity index (χ3v) is 3.72. The minimum atomic E-state index is 0. The van der Waals surface area contributed by atoms with E-state index in [4.69, 9.17) is 22.1 Å². The maximum atomic E-state index is 6.44. The molecule has 21 heavy (non-hydrogen) atoms. The fraction of sp³-hybridized carbons (Fsp3) is 0.647. The van der Waals surface area contributed by atoms with Gasteiger partial charge in [0.1, 0.15) is 5.75 Å². The number of hydrogen-bond acceptors (Lipinski definition) is 2. The Morgan fingerprint density at radius 3 is 2.33 bits per heavy atom. The van der Waals surface area contributed by atoms with Crippen LogP contribution in [0.15, 0.2) is 12.1 Å². The zero-order chi connectivity index (χ0) is 15.3. The summed E-state index contributed by atoms with van der Waals surface area (Å²) in [6, 6.07) is 4.37. The molecule has 0 heterocycles. The Hall–Kier alpha value is -0.440. The molecule has 0 radical (unpaired) electrons. The van der Waals surface area contributed by atoms with Crippen molar-refractivity contribution in [1.29, 1.82) is 0 Å². The van der Waals surface area contributed by atoms with Crippen LogP contribution in [0.25, 0.3) is 0 Å². The second-order valence-electron chi connectivity index (χ2n) is 6.42. The highest BCUT2D eigenvalue weighted by molar-refractivity contribution is 6.32. The number of nitrogens with two attached hydrogens (primary N) is 1. The molecular weight excluding hydrogens is 305 g/mol.